The minimum Gasteiger partial charge on any atom is -0.391 e. The van der Waals surface area contributed by atoms with E-state index in [1.54, 1.807) is 17.0 Å². The molecule has 0 saturated carbocycles. The van der Waals surface area contributed by atoms with Gasteiger partial charge in [0.1, 0.15) is 10.3 Å². The number of aliphatic hydroxyl groups excluding tert-OH is 1. The van der Waals surface area contributed by atoms with Gasteiger partial charge < -0.3 is 10.0 Å². The van der Waals surface area contributed by atoms with Crippen molar-refractivity contribution in [3.05, 3.63) is 58.6 Å². The molecule has 0 bridgehead atoms. The second-order valence-corrected chi connectivity index (χ2v) is 9.23. The minimum atomic E-state index is -4.40. The number of aryl methyl sites for hydroxylation is 1. The van der Waals surface area contributed by atoms with Crippen molar-refractivity contribution in [1.29, 1.82) is 0 Å². The molecule has 0 aliphatic carbocycles. The molecule has 5 rings (SSSR count). The van der Waals surface area contributed by atoms with Crippen LogP contribution in [0.15, 0.2) is 42.5 Å². The molecular formula is C23H20F3N3O2S. The van der Waals surface area contributed by atoms with Gasteiger partial charge in [-0.25, -0.2) is 4.98 Å². The Bertz CT molecular complexity index is 1320. The number of benzene rings is 2. The van der Waals surface area contributed by atoms with Crippen LogP contribution in [-0.4, -0.2) is 44.7 Å². The van der Waals surface area contributed by atoms with Gasteiger partial charge in [-0.3, -0.25) is 9.36 Å². The van der Waals surface area contributed by atoms with E-state index >= 15 is 0 Å². The van der Waals surface area contributed by atoms with Gasteiger partial charge in [0.15, 0.2) is 0 Å². The average Bonchev–Trinajstić information content (AvgIpc) is 3.27. The van der Waals surface area contributed by atoms with E-state index in [-0.39, 0.29) is 5.91 Å². The predicted molar refractivity (Wildman–Crippen MR) is 117 cm³/mol. The second-order valence-electron chi connectivity index (χ2n) is 8.05. The van der Waals surface area contributed by atoms with E-state index < -0.39 is 17.8 Å². The molecule has 1 aliphatic rings. The summed E-state index contributed by atoms with van der Waals surface area (Å²) in [5.41, 5.74) is 1.89. The van der Waals surface area contributed by atoms with E-state index in [9.17, 15) is 23.1 Å². The monoisotopic (exact) mass is 459 g/mol. The number of rotatable bonds is 2. The van der Waals surface area contributed by atoms with Crippen molar-refractivity contribution in [2.24, 2.45) is 0 Å². The Hall–Kier alpha value is -2.91. The predicted octanol–water partition coefficient (Wildman–Crippen LogP) is 5.16. The molecule has 5 nitrogen and oxygen atoms in total. The highest BCUT2D eigenvalue weighted by Crippen LogP contribution is 2.37. The van der Waals surface area contributed by atoms with E-state index in [0.29, 0.717) is 30.8 Å². The van der Waals surface area contributed by atoms with E-state index in [1.807, 2.05) is 17.6 Å². The zero-order chi connectivity index (χ0) is 22.6. The maximum atomic E-state index is 13.0. The number of carbonyl (C=O) groups is 1. The summed E-state index contributed by atoms with van der Waals surface area (Å²) < 4.78 is 40.9. The lowest BCUT2D eigenvalue weighted by Crippen LogP contribution is -2.42. The number of hydrogen-bond donors (Lipinski definition) is 1. The van der Waals surface area contributed by atoms with Crippen molar-refractivity contribution in [1.82, 2.24) is 14.5 Å². The van der Waals surface area contributed by atoms with Crippen LogP contribution in [0.3, 0.4) is 0 Å². The molecule has 1 saturated heterocycles. The number of alkyl halides is 3. The van der Waals surface area contributed by atoms with Crippen molar-refractivity contribution in [2.45, 2.75) is 32.0 Å². The third-order valence-corrected chi connectivity index (χ3v) is 6.75. The summed E-state index contributed by atoms with van der Waals surface area (Å²) in [4.78, 5) is 20.1. The van der Waals surface area contributed by atoms with Gasteiger partial charge in [0.05, 0.1) is 22.2 Å². The van der Waals surface area contributed by atoms with Crippen LogP contribution in [0.4, 0.5) is 13.2 Å². The highest BCUT2D eigenvalue weighted by Gasteiger charge is 2.30. The smallest absolute Gasteiger partial charge is 0.391 e. The first-order valence-corrected chi connectivity index (χ1v) is 11.1. The van der Waals surface area contributed by atoms with E-state index in [4.69, 9.17) is 0 Å². The fourth-order valence-corrected chi connectivity index (χ4v) is 5.25. The Kier molecular flexibility index (Phi) is 4.98. The van der Waals surface area contributed by atoms with Crippen molar-refractivity contribution in [3.8, 4) is 5.69 Å². The molecule has 1 amide bonds. The van der Waals surface area contributed by atoms with Crippen molar-refractivity contribution in [3.63, 3.8) is 0 Å². The molecule has 1 unspecified atom stereocenters. The Balaban J connectivity index is 1.62. The number of amides is 1. The number of likely N-dealkylation sites (tertiary alicyclic amines) is 1. The minimum absolute atomic E-state index is 0.145. The SMILES string of the molecule is Cc1nc2c3cc(C(=O)N4CCCC(O)C4)ccc3n(-c3ccc(C(F)(F)F)cc3)c2s1. The summed E-state index contributed by atoms with van der Waals surface area (Å²) in [5.74, 6) is -0.145. The summed E-state index contributed by atoms with van der Waals surface area (Å²) in [5, 5.41) is 11.5. The summed E-state index contributed by atoms with van der Waals surface area (Å²) >= 11 is 1.45. The van der Waals surface area contributed by atoms with Gasteiger partial charge in [0.25, 0.3) is 5.91 Å². The van der Waals surface area contributed by atoms with Gasteiger partial charge >= 0.3 is 6.18 Å². The summed E-state index contributed by atoms with van der Waals surface area (Å²) in [7, 11) is 0. The molecule has 2 aromatic heterocycles. The van der Waals surface area contributed by atoms with E-state index in [0.717, 1.165) is 44.8 Å². The average molecular weight is 459 g/mol. The molecule has 4 aromatic rings. The van der Waals surface area contributed by atoms with Gasteiger partial charge in [-0.05, 0) is 62.2 Å². The maximum Gasteiger partial charge on any atom is 0.416 e. The molecular weight excluding hydrogens is 439 g/mol. The molecule has 1 atom stereocenters. The summed E-state index contributed by atoms with van der Waals surface area (Å²) in [6, 6.07) is 10.4. The topological polar surface area (TPSA) is 58.4 Å². The fraction of sp³-hybridized carbons (Fsp3) is 0.304. The first-order chi connectivity index (χ1) is 15.2. The van der Waals surface area contributed by atoms with E-state index in [2.05, 4.69) is 4.98 Å². The number of β-amino-alcohol motifs (C(OH)–C–C–N with tert-alkyl or cyclic N) is 1. The number of carbonyl (C=O) groups excluding carboxylic acids is 1. The van der Waals surface area contributed by atoms with E-state index in [1.165, 1.54) is 23.5 Å². The molecule has 3 heterocycles. The number of piperidine rings is 1. The Morgan fingerprint density at radius 1 is 1.19 bits per heavy atom. The van der Waals surface area contributed by atoms with Crippen LogP contribution in [0.1, 0.15) is 33.8 Å². The van der Waals surface area contributed by atoms with Crippen LogP contribution in [0.2, 0.25) is 0 Å². The van der Waals surface area contributed by atoms with Crippen LogP contribution in [0, 0.1) is 6.92 Å². The first kappa shape index (κ1) is 21.0. The van der Waals surface area contributed by atoms with Gasteiger partial charge in [-0.1, -0.05) is 0 Å². The van der Waals surface area contributed by atoms with Crippen LogP contribution >= 0.6 is 11.3 Å². The lowest BCUT2D eigenvalue weighted by molar-refractivity contribution is -0.137. The van der Waals surface area contributed by atoms with Crippen LogP contribution in [0.5, 0.6) is 0 Å². The standard InChI is InChI=1S/C23H20F3N3O2S/c1-13-27-20-18-11-14(21(31)28-10-2-3-17(30)12-28)4-9-19(18)29(22(20)32-13)16-7-5-15(6-8-16)23(24,25)26/h4-9,11,17,30H,2-3,10,12H2,1H3. The number of aliphatic hydroxyl groups is 1. The molecule has 0 spiro atoms. The van der Waals surface area contributed by atoms with Crippen molar-refractivity contribution >= 4 is 38.5 Å². The summed E-state index contributed by atoms with van der Waals surface area (Å²) in [6.07, 6.45) is -3.46. The molecule has 1 fully saturated rings. The number of thiazole rings is 1. The Labute approximate surface area is 185 Å². The fourth-order valence-electron chi connectivity index (χ4n) is 4.28. The van der Waals surface area contributed by atoms with Gasteiger partial charge in [0.2, 0.25) is 0 Å². The van der Waals surface area contributed by atoms with Gasteiger partial charge in [-0.2, -0.15) is 13.2 Å². The lowest BCUT2D eigenvalue weighted by atomic mass is 10.1. The number of nitrogens with zero attached hydrogens (tertiary/aromatic N) is 3. The zero-order valence-corrected chi connectivity index (χ0v) is 18.0. The number of aromatic nitrogens is 2. The third kappa shape index (κ3) is 3.55. The number of fused-ring (bicyclic) bond motifs is 3. The van der Waals surface area contributed by atoms with Gasteiger partial charge in [0, 0.05) is 29.7 Å². The molecule has 0 radical (unpaired) electrons. The molecule has 2 aromatic carbocycles. The first-order valence-electron chi connectivity index (χ1n) is 10.3. The molecule has 1 aliphatic heterocycles. The lowest BCUT2D eigenvalue weighted by Gasteiger charge is -2.30. The number of halogens is 3. The maximum absolute atomic E-state index is 13.0. The molecule has 32 heavy (non-hydrogen) atoms. The van der Waals surface area contributed by atoms with Crippen molar-refractivity contribution < 1.29 is 23.1 Å². The van der Waals surface area contributed by atoms with Crippen LogP contribution in [-0.2, 0) is 6.18 Å². The Morgan fingerprint density at radius 2 is 1.94 bits per heavy atom. The quantitative estimate of drug-likeness (QED) is 0.450. The normalized spacial score (nSPS) is 17.4. The highest BCUT2D eigenvalue weighted by molar-refractivity contribution is 7.18. The third-order valence-electron chi connectivity index (χ3n) is 5.80. The van der Waals surface area contributed by atoms with Crippen LogP contribution in [0.25, 0.3) is 26.9 Å². The summed E-state index contributed by atoms with van der Waals surface area (Å²) in [6.45, 7) is 2.79. The zero-order valence-electron chi connectivity index (χ0n) is 17.2. The van der Waals surface area contributed by atoms with Crippen LogP contribution < -0.4 is 0 Å². The Morgan fingerprint density at radius 3 is 2.62 bits per heavy atom. The highest BCUT2D eigenvalue weighted by atomic mass is 32.1. The molecule has 9 heteroatoms. The van der Waals surface area contributed by atoms with Gasteiger partial charge in [-0.15, -0.1) is 11.3 Å². The molecule has 166 valence electrons. The second kappa shape index (κ2) is 7.60. The largest absolute Gasteiger partial charge is 0.416 e. The molecule has 1 N–H and O–H groups in total. The number of hydrogen-bond acceptors (Lipinski definition) is 4. The van der Waals surface area contributed by atoms with Crippen molar-refractivity contribution in [2.75, 3.05) is 13.1 Å².